The van der Waals surface area contributed by atoms with Gasteiger partial charge in [0.1, 0.15) is 0 Å². The Morgan fingerprint density at radius 3 is 2.56 bits per heavy atom. The number of carbonyl (C=O) groups excluding carboxylic acids is 3. The first-order valence-corrected chi connectivity index (χ1v) is 8.63. The fourth-order valence-electron chi connectivity index (χ4n) is 3.23. The van der Waals surface area contributed by atoms with Crippen molar-refractivity contribution < 1.29 is 23.9 Å². The average Bonchev–Trinajstić information content (AvgIpc) is 3.28. The maximum absolute atomic E-state index is 12.6. The lowest BCUT2D eigenvalue weighted by Crippen LogP contribution is -2.28. The highest BCUT2D eigenvalue weighted by Crippen LogP contribution is 2.34. The number of rotatable bonds is 4. The van der Waals surface area contributed by atoms with Crippen LogP contribution in [0.5, 0.6) is 11.5 Å². The molecule has 27 heavy (non-hydrogen) atoms. The molecule has 2 amide bonds. The molecule has 138 valence electrons. The summed E-state index contributed by atoms with van der Waals surface area (Å²) in [7, 11) is 0. The minimum atomic E-state index is -0.449. The molecule has 0 bridgehead atoms. The van der Waals surface area contributed by atoms with E-state index in [0.717, 1.165) is 0 Å². The molecule has 2 aromatic carbocycles. The Bertz CT molecular complexity index is 922. The second kappa shape index (κ2) is 6.75. The molecule has 1 N–H and O–H groups in total. The lowest BCUT2D eigenvalue weighted by Gasteiger charge is -2.17. The largest absolute Gasteiger partial charge is 0.454 e. The van der Waals surface area contributed by atoms with Gasteiger partial charge < -0.3 is 19.7 Å². The lowest BCUT2D eigenvalue weighted by molar-refractivity contribution is -0.122. The van der Waals surface area contributed by atoms with E-state index in [1.807, 2.05) is 0 Å². The summed E-state index contributed by atoms with van der Waals surface area (Å²) in [6.07, 6.45) is 0.144. The van der Waals surface area contributed by atoms with Gasteiger partial charge >= 0.3 is 0 Å². The van der Waals surface area contributed by atoms with Crippen molar-refractivity contribution in [3.8, 4) is 11.5 Å². The maximum atomic E-state index is 12.6. The fraction of sp³-hybridized carbons (Fsp3) is 0.250. The molecule has 2 aliphatic rings. The number of carbonyl (C=O) groups is 3. The van der Waals surface area contributed by atoms with Gasteiger partial charge in [0.25, 0.3) is 0 Å². The summed E-state index contributed by atoms with van der Waals surface area (Å²) in [6.45, 7) is 1.96. The zero-order valence-corrected chi connectivity index (χ0v) is 14.7. The second-order valence-corrected chi connectivity index (χ2v) is 6.57. The van der Waals surface area contributed by atoms with E-state index in [4.69, 9.17) is 9.47 Å². The Kier molecular flexibility index (Phi) is 4.27. The van der Waals surface area contributed by atoms with Crippen molar-refractivity contribution in [3.05, 3.63) is 48.0 Å². The van der Waals surface area contributed by atoms with Crippen LogP contribution in [-0.4, -0.2) is 30.9 Å². The zero-order chi connectivity index (χ0) is 19.0. The molecule has 7 heteroatoms. The SMILES string of the molecule is CC(=O)c1ccc(N2CC(C(=O)Nc3ccc4c(c3)OCO4)CC2=O)cc1. The number of benzene rings is 2. The standard InChI is InChI=1S/C20H18N2O5/c1-12(23)13-2-5-16(6-3-13)22-10-14(8-19(22)24)20(25)21-15-4-7-17-18(9-15)27-11-26-17/h2-7,9,14H,8,10-11H2,1H3,(H,21,25). The minimum absolute atomic E-state index is 0.0321. The molecule has 0 radical (unpaired) electrons. The van der Waals surface area contributed by atoms with Crippen LogP contribution >= 0.6 is 0 Å². The molecule has 1 atom stereocenters. The zero-order valence-electron chi connectivity index (χ0n) is 14.7. The van der Waals surface area contributed by atoms with E-state index >= 15 is 0 Å². The normalized spacial score (nSPS) is 17.9. The van der Waals surface area contributed by atoms with Crippen LogP contribution in [0.25, 0.3) is 0 Å². The van der Waals surface area contributed by atoms with E-state index in [-0.39, 0.29) is 30.8 Å². The summed E-state index contributed by atoms with van der Waals surface area (Å²) in [5, 5.41) is 2.83. The number of hydrogen-bond donors (Lipinski definition) is 1. The van der Waals surface area contributed by atoms with Crippen LogP contribution in [-0.2, 0) is 9.59 Å². The van der Waals surface area contributed by atoms with Crippen LogP contribution < -0.4 is 19.7 Å². The van der Waals surface area contributed by atoms with Crippen molar-refractivity contribution >= 4 is 29.0 Å². The van der Waals surface area contributed by atoms with Crippen LogP contribution in [0.4, 0.5) is 11.4 Å². The molecule has 0 aromatic heterocycles. The number of nitrogens with zero attached hydrogens (tertiary/aromatic N) is 1. The number of fused-ring (bicyclic) bond motifs is 1. The number of ether oxygens (including phenoxy) is 2. The molecule has 7 nitrogen and oxygen atoms in total. The van der Waals surface area contributed by atoms with E-state index in [2.05, 4.69) is 5.32 Å². The highest BCUT2D eigenvalue weighted by atomic mass is 16.7. The highest BCUT2D eigenvalue weighted by molar-refractivity contribution is 6.04. The van der Waals surface area contributed by atoms with Crippen molar-refractivity contribution in [2.45, 2.75) is 13.3 Å². The molecule has 2 heterocycles. The lowest BCUT2D eigenvalue weighted by atomic mass is 10.1. The number of Topliss-reactive ketones (excluding diaryl/α,β-unsaturated/α-hetero) is 1. The van der Waals surface area contributed by atoms with Crippen LogP contribution in [0.3, 0.4) is 0 Å². The van der Waals surface area contributed by atoms with Crippen molar-refractivity contribution in [1.82, 2.24) is 0 Å². The molecule has 1 fully saturated rings. The van der Waals surface area contributed by atoms with Crippen LogP contribution in [0, 0.1) is 5.92 Å². The third kappa shape index (κ3) is 3.36. The van der Waals surface area contributed by atoms with Gasteiger partial charge in [-0.2, -0.15) is 0 Å². The predicted molar refractivity (Wildman–Crippen MR) is 98.1 cm³/mol. The number of hydrogen-bond acceptors (Lipinski definition) is 5. The number of anilines is 2. The Balaban J connectivity index is 1.43. The third-order valence-electron chi connectivity index (χ3n) is 4.72. The van der Waals surface area contributed by atoms with Gasteiger partial charge in [-0.1, -0.05) is 0 Å². The predicted octanol–water partition coefficient (Wildman–Crippen LogP) is 2.61. The highest BCUT2D eigenvalue weighted by Gasteiger charge is 2.35. The van der Waals surface area contributed by atoms with Gasteiger partial charge in [-0.05, 0) is 43.3 Å². The van der Waals surface area contributed by atoms with Gasteiger partial charge in [0, 0.05) is 36.0 Å². The monoisotopic (exact) mass is 366 g/mol. The molecule has 0 saturated carbocycles. The molecule has 1 saturated heterocycles. The van der Waals surface area contributed by atoms with Gasteiger partial charge in [0.2, 0.25) is 18.6 Å². The van der Waals surface area contributed by atoms with Gasteiger partial charge in [-0.15, -0.1) is 0 Å². The number of nitrogens with one attached hydrogen (secondary N) is 1. The van der Waals surface area contributed by atoms with E-state index < -0.39 is 5.92 Å². The molecule has 2 aliphatic heterocycles. The van der Waals surface area contributed by atoms with Gasteiger partial charge in [-0.25, -0.2) is 0 Å². The maximum Gasteiger partial charge on any atom is 0.231 e. The molecule has 0 aliphatic carbocycles. The van der Waals surface area contributed by atoms with E-state index in [1.165, 1.54) is 6.92 Å². The van der Waals surface area contributed by atoms with Crippen LogP contribution in [0.15, 0.2) is 42.5 Å². The first-order chi connectivity index (χ1) is 13.0. The summed E-state index contributed by atoms with van der Waals surface area (Å²) in [5.41, 5.74) is 1.87. The van der Waals surface area contributed by atoms with Crippen molar-refractivity contribution in [1.29, 1.82) is 0 Å². The van der Waals surface area contributed by atoms with Gasteiger partial charge in [0.15, 0.2) is 17.3 Å². The molecule has 2 aromatic rings. The van der Waals surface area contributed by atoms with Crippen LogP contribution in [0.2, 0.25) is 0 Å². The molecular formula is C20H18N2O5. The number of amides is 2. The van der Waals surface area contributed by atoms with Gasteiger partial charge in [0.05, 0.1) is 5.92 Å². The summed E-state index contributed by atoms with van der Waals surface area (Å²) in [5.74, 6) is 0.416. The minimum Gasteiger partial charge on any atom is -0.454 e. The molecular weight excluding hydrogens is 348 g/mol. The summed E-state index contributed by atoms with van der Waals surface area (Å²) in [4.78, 5) is 37.9. The van der Waals surface area contributed by atoms with E-state index in [1.54, 1.807) is 47.4 Å². The van der Waals surface area contributed by atoms with E-state index in [0.29, 0.717) is 35.0 Å². The first-order valence-electron chi connectivity index (χ1n) is 8.63. The van der Waals surface area contributed by atoms with Crippen molar-refractivity contribution in [2.24, 2.45) is 5.92 Å². The Hall–Kier alpha value is -3.35. The first kappa shape index (κ1) is 17.1. The van der Waals surface area contributed by atoms with Crippen molar-refractivity contribution in [2.75, 3.05) is 23.6 Å². The summed E-state index contributed by atoms with van der Waals surface area (Å²) in [6, 6.07) is 12.0. The summed E-state index contributed by atoms with van der Waals surface area (Å²) < 4.78 is 10.6. The second-order valence-electron chi connectivity index (χ2n) is 6.57. The van der Waals surface area contributed by atoms with E-state index in [9.17, 15) is 14.4 Å². The van der Waals surface area contributed by atoms with Gasteiger partial charge in [-0.3, -0.25) is 14.4 Å². The smallest absolute Gasteiger partial charge is 0.231 e. The average molecular weight is 366 g/mol. The van der Waals surface area contributed by atoms with Crippen LogP contribution in [0.1, 0.15) is 23.7 Å². The quantitative estimate of drug-likeness (QED) is 0.841. The molecule has 0 spiro atoms. The number of ketones is 1. The Labute approximate surface area is 155 Å². The Morgan fingerprint density at radius 2 is 1.81 bits per heavy atom. The third-order valence-corrected chi connectivity index (χ3v) is 4.72. The summed E-state index contributed by atoms with van der Waals surface area (Å²) >= 11 is 0. The van der Waals surface area contributed by atoms with Crippen molar-refractivity contribution in [3.63, 3.8) is 0 Å². The topological polar surface area (TPSA) is 84.9 Å². The fourth-order valence-corrected chi connectivity index (χ4v) is 3.23. The molecule has 1 unspecified atom stereocenters. The molecule has 4 rings (SSSR count). The Morgan fingerprint density at radius 1 is 1.07 bits per heavy atom.